The Morgan fingerprint density at radius 1 is 1.54 bits per heavy atom. The molecule has 0 aliphatic rings. The first-order valence-corrected chi connectivity index (χ1v) is 5.48. The third kappa shape index (κ3) is 3.87. The van der Waals surface area contributed by atoms with Gasteiger partial charge in [-0.1, -0.05) is 6.92 Å². The number of carbonyl (C=O) groups excluding carboxylic acids is 1. The fraction of sp³-hybridized carbons (Fsp3) is 0.875. The van der Waals surface area contributed by atoms with Crippen molar-refractivity contribution in [1.82, 2.24) is 0 Å². The van der Waals surface area contributed by atoms with E-state index in [4.69, 9.17) is 9.29 Å². The summed E-state index contributed by atoms with van der Waals surface area (Å²) in [4.78, 5) is 11.4. The molecule has 0 rings (SSSR count). The van der Waals surface area contributed by atoms with Crippen LogP contribution in [-0.2, 0) is 20.6 Å². The molecule has 5 heteroatoms. The molecule has 0 aromatic heterocycles. The van der Waals surface area contributed by atoms with Gasteiger partial charge in [-0.3, -0.25) is 4.79 Å². The van der Waals surface area contributed by atoms with E-state index in [1.54, 1.807) is 20.8 Å². The van der Waals surface area contributed by atoms with Crippen molar-refractivity contribution >= 4 is 17.0 Å². The minimum absolute atomic E-state index is 0.0671. The molecule has 2 atom stereocenters. The minimum Gasteiger partial charge on any atom is -0.466 e. The number of esters is 1. The summed E-state index contributed by atoms with van der Waals surface area (Å²) in [5.74, 6) is -0.470. The smallest absolute Gasteiger partial charge is 0.312 e. The average Bonchev–Trinajstić information content (AvgIpc) is 2.03. The van der Waals surface area contributed by atoms with Gasteiger partial charge in [0.1, 0.15) is 0 Å². The molecule has 1 N–H and O–H groups in total. The molecular weight excluding hydrogens is 192 g/mol. The predicted molar refractivity (Wildman–Crippen MR) is 50.7 cm³/mol. The van der Waals surface area contributed by atoms with Crippen molar-refractivity contribution in [3.63, 3.8) is 0 Å². The number of hydrogen-bond acceptors (Lipinski definition) is 3. The maximum atomic E-state index is 11.4. The number of hydrogen-bond donors (Lipinski definition) is 1. The Bertz CT molecular complexity index is 204. The van der Waals surface area contributed by atoms with Crippen LogP contribution in [0, 0.1) is 5.41 Å². The molecular formula is C8H16O4S. The van der Waals surface area contributed by atoms with Crippen molar-refractivity contribution in [3.05, 3.63) is 0 Å². The quantitative estimate of drug-likeness (QED) is 0.544. The first-order valence-electron chi connectivity index (χ1n) is 4.21. The van der Waals surface area contributed by atoms with Crippen LogP contribution >= 0.6 is 0 Å². The lowest BCUT2D eigenvalue weighted by atomic mass is 9.90. The second-order valence-electron chi connectivity index (χ2n) is 3.10. The third-order valence-corrected chi connectivity index (χ3v) is 2.87. The zero-order valence-electron chi connectivity index (χ0n) is 8.20. The molecule has 0 fully saturated rings. The van der Waals surface area contributed by atoms with Crippen molar-refractivity contribution in [1.29, 1.82) is 0 Å². The summed E-state index contributed by atoms with van der Waals surface area (Å²) in [6, 6.07) is 0. The SMILES string of the molecule is CCOC(=O)C(C)(CC)CS(=O)O. The van der Waals surface area contributed by atoms with E-state index in [1.165, 1.54) is 0 Å². The van der Waals surface area contributed by atoms with Crippen molar-refractivity contribution in [3.8, 4) is 0 Å². The van der Waals surface area contributed by atoms with Gasteiger partial charge in [-0.2, -0.15) is 0 Å². The van der Waals surface area contributed by atoms with Crippen LogP contribution in [0.25, 0.3) is 0 Å². The Labute approximate surface area is 80.9 Å². The molecule has 0 heterocycles. The zero-order chi connectivity index (χ0) is 10.5. The third-order valence-electron chi connectivity index (χ3n) is 1.99. The summed E-state index contributed by atoms with van der Waals surface area (Å²) in [6.07, 6.45) is 0.498. The van der Waals surface area contributed by atoms with Gasteiger partial charge in [-0.25, -0.2) is 4.21 Å². The molecule has 0 amide bonds. The first-order chi connectivity index (χ1) is 5.96. The Morgan fingerprint density at radius 3 is 2.38 bits per heavy atom. The van der Waals surface area contributed by atoms with Crippen LogP contribution in [0.2, 0.25) is 0 Å². The van der Waals surface area contributed by atoms with E-state index in [0.29, 0.717) is 13.0 Å². The number of carbonyl (C=O) groups is 1. The monoisotopic (exact) mass is 208 g/mol. The van der Waals surface area contributed by atoms with Crippen LogP contribution < -0.4 is 0 Å². The average molecular weight is 208 g/mol. The summed E-state index contributed by atoms with van der Waals surface area (Å²) in [5, 5.41) is 0. The van der Waals surface area contributed by atoms with Gasteiger partial charge in [0.15, 0.2) is 11.1 Å². The summed E-state index contributed by atoms with van der Waals surface area (Å²) in [6.45, 7) is 5.44. The van der Waals surface area contributed by atoms with Crippen molar-refractivity contribution < 1.29 is 18.3 Å². The van der Waals surface area contributed by atoms with E-state index < -0.39 is 22.5 Å². The predicted octanol–water partition coefficient (Wildman–Crippen LogP) is 1.19. The lowest BCUT2D eigenvalue weighted by Gasteiger charge is -2.23. The number of ether oxygens (including phenoxy) is 1. The molecule has 13 heavy (non-hydrogen) atoms. The highest BCUT2D eigenvalue weighted by Crippen LogP contribution is 2.23. The van der Waals surface area contributed by atoms with E-state index in [1.807, 2.05) is 0 Å². The van der Waals surface area contributed by atoms with Gasteiger partial charge in [-0.15, -0.1) is 0 Å². The molecule has 0 saturated heterocycles. The molecule has 0 aromatic carbocycles. The van der Waals surface area contributed by atoms with Crippen LogP contribution in [0.1, 0.15) is 27.2 Å². The Morgan fingerprint density at radius 2 is 2.08 bits per heavy atom. The molecule has 0 aliphatic heterocycles. The molecule has 78 valence electrons. The van der Waals surface area contributed by atoms with Crippen LogP contribution in [-0.4, -0.2) is 27.1 Å². The molecule has 2 unspecified atom stereocenters. The van der Waals surface area contributed by atoms with Gasteiger partial charge >= 0.3 is 5.97 Å². The van der Waals surface area contributed by atoms with E-state index in [9.17, 15) is 9.00 Å². The van der Waals surface area contributed by atoms with Crippen molar-refractivity contribution in [2.75, 3.05) is 12.4 Å². The molecule has 0 bridgehead atoms. The van der Waals surface area contributed by atoms with Crippen molar-refractivity contribution in [2.24, 2.45) is 5.41 Å². The normalized spacial score (nSPS) is 17.5. The lowest BCUT2D eigenvalue weighted by molar-refractivity contribution is -0.153. The van der Waals surface area contributed by atoms with Crippen LogP contribution in [0.4, 0.5) is 0 Å². The second-order valence-corrected chi connectivity index (χ2v) is 4.03. The van der Waals surface area contributed by atoms with Gasteiger partial charge in [0.05, 0.1) is 17.8 Å². The van der Waals surface area contributed by atoms with Gasteiger partial charge in [-0.05, 0) is 20.3 Å². The van der Waals surface area contributed by atoms with Gasteiger partial charge < -0.3 is 9.29 Å². The van der Waals surface area contributed by atoms with E-state index in [-0.39, 0.29) is 5.75 Å². The number of rotatable bonds is 5. The Kier molecular flexibility index (Phi) is 5.17. The molecule has 0 aliphatic carbocycles. The van der Waals surface area contributed by atoms with Gasteiger partial charge in [0.2, 0.25) is 0 Å². The first kappa shape index (κ1) is 12.6. The van der Waals surface area contributed by atoms with Gasteiger partial charge in [0.25, 0.3) is 0 Å². The highest BCUT2D eigenvalue weighted by Gasteiger charge is 2.34. The Balaban J connectivity index is 4.42. The van der Waals surface area contributed by atoms with Crippen molar-refractivity contribution in [2.45, 2.75) is 27.2 Å². The topological polar surface area (TPSA) is 63.6 Å². The standard InChI is InChI=1S/C8H16O4S/c1-4-8(3,6-13(10)11)7(9)12-5-2/h4-6H2,1-3H3,(H,10,11). The maximum absolute atomic E-state index is 11.4. The fourth-order valence-electron chi connectivity index (χ4n) is 0.883. The highest BCUT2D eigenvalue weighted by molar-refractivity contribution is 7.79. The molecule has 0 spiro atoms. The molecule has 0 saturated carbocycles. The summed E-state index contributed by atoms with van der Waals surface area (Å²) in [5.41, 5.74) is -0.838. The zero-order valence-corrected chi connectivity index (χ0v) is 9.02. The second kappa shape index (κ2) is 5.34. The van der Waals surface area contributed by atoms with E-state index >= 15 is 0 Å². The summed E-state index contributed by atoms with van der Waals surface area (Å²) >= 11 is -1.96. The van der Waals surface area contributed by atoms with Crippen LogP contribution in [0.3, 0.4) is 0 Å². The van der Waals surface area contributed by atoms with E-state index in [2.05, 4.69) is 0 Å². The summed E-state index contributed by atoms with van der Waals surface area (Å²) < 4.78 is 24.1. The van der Waals surface area contributed by atoms with Crippen LogP contribution in [0.5, 0.6) is 0 Å². The highest BCUT2D eigenvalue weighted by atomic mass is 32.2. The van der Waals surface area contributed by atoms with E-state index in [0.717, 1.165) is 0 Å². The largest absolute Gasteiger partial charge is 0.466 e. The maximum Gasteiger partial charge on any atom is 0.312 e. The Hall–Kier alpha value is -0.420. The molecule has 4 nitrogen and oxygen atoms in total. The molecule has 0 aromatic rings. The minimum atomic E-state index is -1.96. The lowest BCUT2D eigenvalue weighted by Crippen LogP contribution is -2.34. The molecule has 0 radical (unpaired) electrons. The van der Waals surface area contributed by atoms with Crippen LogP contribution in [0.15, 0.2) is 0 Å². The van der Waals surface area contributed by atoms with Gasteiger partial charge in [0, 0.05) is 0 Å². The summed E-state index contributed by atoms with van der Waals surface area (Å²) in [7, 11) is 0. The fourth-order valence-corrected chi connectivity index (χ4v) is 1.75.